The maximum absolute atomic E-state index is 6.10. The molecule has 2 aromatic rings. The molecule has 0 spiro atoms. The van der Waals surface area contributed by atoms with Crippen molar-refractivity contribution < 1.29 is 0 Å². The zero-order chi connectivity index (χ0) is 11.9. The van der Waals surface area contributed by atoms with E-state index < -0.39 is 0 Å². The Morgan fingerprint density at radius 1 is 1.44 bits per heavy atom. The molecule has 6 heteroatoms. The highest BCUT2D eigenvalue weighted by atomic mass is 79.9. The minimum Gasteiger partial charge on any atom is -0.382 e. The van der Waals surface area contributed by atoms with Gasteiger partial charge in [0.25, 0.3) is 0 Å². The topological polar surface area (TPSA) is 69.9 Å². The molecule has 4 nitrogen and oxygen atoms in total. The molecule has 1 aromatic heterocycles. The lowest BCUT2D eigenvalue weighted by molar-refractivity contribution is 0.937. The highest BCUT2D eigenvalue weighted by Gasteiger charge is 2.14. The summed E-state index contributed by atoms with van der Waals surface area (Å²) < 4.78 is 2.25. The molecule has 0 atom stereocenters. The first-order chi connectivity index (χ1) is 7.50. The Bertz CT molecular complexity index is 550. The van der Waals surface area contributed by atoms with E-state index in [0.717, 1.165) is 10.0 Å². The number of benzene rings is 1. The van der Waals surface area contributed by atoms with Crippen LogP contribution in [0.1, 0.15) is 5.82 Å². The summed E-state index contributed by atoms with van der Waals surface area (Å²) in [5.74, 6) is 6.75. The van der Waals surface area contributed by atoms with Crippen molar-refractivity contribution in [2.24, 2.45) is 0 Å². The molecule has 4 N–H and O–H groups in total. The van der Waals surface area contributed by atoms with Gasteiger partial charge in [0.05, 0.1) is 5.02 Å². The van der Waals surface area contributed by atoms with E-state index in [1.165, 1.54) is 4.68 Å². The third kappa shape index (κ3) is 1.76. The summed E-state index contributed by atoms with van der Waals surface area (Å²) in [4.78, 5) is 4.29. The molecule has 0 amide bonds. The zero-order valence-electron chi connectivity index (χ0n) is 8.54. The van der Waals surface area contributed by atoms with E-state index in [9.17, 15) is 0 Å². The van der Waals surface area contributed by atoms with E-state index in [4.69, 9.17) is 23.2 Å². The molecule has 0 unspecified atom stereocenters. The Hall–Kier alpha value is -1.20. The predicted octanol–water partition coefficient (Wildman–Crippen LogP) is 2.57. The van der Waals surface area contributed by atoms with Crippen LogP contribution >= 0.6 is 27.5 Å². The number of nitrogens with two attached hydrogens (primary N) is 2. The van der Waals surface area contributed by atoms with Crippen molar-refractivity contribution in [2.75, 3.05) is 11.6 Å². The molecule has 0 fully saturated rings. The lowest BCUT2D eigenvalue weighted by atomic mass is 10.1. The Labute approximate surface area is 106 Å². The normalized spacial score (nSPS) is 10.7. The van der Waals surface area contributed by atoms with E-state index in [2.05, 4.69) is 20.9 Å². The molecule has 0 radical (unpaired) electrons. The number of imidazole rings is 1. The minimum atomic E-state index is 0.400. The van der Waals surface area contributed by atoms with E-state index in [0.29, 0.717) is 22.4 Å². The predicted molar refractivity (Wildman–Crippen MR) is 69.7 cm³/mol. The average Bonchev–Trinajstić information content (AvgIpc) is 2.50. The van der Waals surface area contributed by atoms with Crippen molar-refractivity contribution in [1.29, 1.82) is 0 Å². The van der Waals surface area contributed by atoms with Gasteiger partial charge in [0.2, 0.25) is 0 Å². The van der Waals surface area contributed by atoms with Gasteiger partial charge in [0.15, 0.2) is 5.82 Å². The van der Waals surface area contributed by atoms with Gasteiger partial charge in [-0.2, -0.15) is 0 Å². The number of halogens is 2. The van der Waals surface area contributed by atoms with Gasteiger partial charge in [-0.15, -0.1) is 0 Å². The van der Waals surface area contributed by atoms with E-state index in [1.54, 1.807) is 13.0 Å². The molecule has 16 heavy (non-hydrogen) atoms. The summed E-state index contributed by atoms with van der Waals surface area (Å²) >= 11 is 9.48. The van der Waals surface area contributed by atoms with Crippen molar-refractivity contribution in [3.8, 4) is 11.3 Å². The Balaban J connectivity index is 2.67. The molecule has 0 saturated heterocycles. The number of anilines is 1. The zero-order valence-corrected chi connectivity index (χ0v) is 10.9. The van der Waals surface area contributed by atoms with Crippen LogP contribution in [0.4, 0.5) is 5.82 Å². The van der Waals surface area contributed by atoms with Crippen molar-refractivity contribution in [3.05, 3.63) is 33.5 Å². The molecule has 1 heterocycles. The highest BCUT2D eigenvalue weighted by molar-refractivity contribution is 9.10. The number of aryl methyl sites for hydroxylation is 1. The van der Waals surface area contributed by atoms with Crippen molar-refractivity contribution >= 4 is 33.3 Å². The van der Waals surface area contributed by atoms with Crippen LogP contribution in [0.2, 0.25) is 5.02 Å². The fourth-order valence-electron chi connectivity index (χ4n) is 1.44. The Morgan fingerprint density at radius 3 is 2.69 bits per heavy atom. The number of nitrogen functional groups attached to an aromatic ring is 2. The van der Waals surface area contributed by atoms with E-state index in [-0.39, 0.29) is 0 Å². The number of hydrogen-bond donors (Lipinski definition) is 2. The van der Waals surface area contributed by atoms with Crippen LogP contribution in [0.3, 0.4) is 0 Å². The third-order valence-corrected chi connectivity index (χ3v) is 3.13. The van der Waals surface area contributed by atoms with Crippen LogP contribution in [-0.2, 0) is 0 Å². The molecular formula is C10H10BrClN4. The van der Waals surface area contributed by atoms with Crippen molar-refractivity contribution in [1.82, 2.24) is 9.66 Å². The molecule has 0 aliphatic heterocycles. The summed E-state index contributed by atoms with van der Waals surface area (Å²) in [5.41, 5.74) is 7.22. The van der Waals surface area contributed by atoms with Crippen LogP contribution in [-0.4, -0.2) is 9.66 Å². The Kier molecular flexibility index (Phi) is 2.82. The fourth-order valence-corrected chi connectivity index (χ4v) is 2.01. The minimum absolute atomic E-state index is 0.400. The summed E-state index contributed by atoms with van der Waals surface area (Å²) in [6.07, 6.45) is 0. The van der Waals surface area contributed by atoms with E-state index in [1.807, 2.05) is 12.1 Å². The second kappa shape index (κ2) is 3.99. The summed E-state index contributed by atoms with van der Waals surface area (Å²) in [6, 6.07) is 5.50. The van der Waals surface area contributed by atoms with Gasteiger partial charge in [0.1, 0.15) is 11.5 Å². The van der Waals surface area contributed by atoms with Crippen LogP contribution < -0.4 is 11.6 Å². The standard InChI is InChI=1S/C10H10BrClN4/c1-5-15-9(10(13)16(5)14)7-4-6(11)2-3-8(7)12/h2-4H,13-14H2,1H3. The first-order valence-electron chi connectivity index (χ1n) is 4.56. The average molecular weight is 302 g/mol. The van der Waals surface area contributed by atoms with Crippen molar-refractivity contribution in [2.45, 2.75) is 6.92 Å². The molecule has 0 aliphatic carbocycles. The largest absolute Gasteiger partial charge is 0.382 e. The van der Waals surface area contributed by atoms with Crippen LogP contribution in [0.5, 0.6) is 0 Å². The monoisotopic (exact) mass is 300 g/mol. The molecule has 0 bridgehead atoms. The second-order valence-corrected chi connectivity index (χ2v) is 4.71. The SMILES string of the molecule is Cc1nc(-c2cc(Br)ccc2Cl)c(N)n1N. The number of hydrogen-bond acceptors (Lipinski definition) is 3. The van der Waals surface area contributed by atoms with Gasteiger partial charge in [-0.1, -0.05) is 27.5 Å². The molecule has 84 valence electrons. The Morgan fingerprint density at radius 2 is 2.12 bits per heavy atom. The number of nitrogens with zero attached hydrogens (tertiary/aromatic N) is 2. The molecule has 2 rings (SSSR count). The fraction of sp³-hybridized carbons (Fsp3) is 0.100. The van der Waals surface area contributed by atoms with Gasteiger partial charge in [0, 0.05) is 10.0 Å². The summed E-state index contributed by atoms with van der Waals surface area (Å²) in [6.45, 7) is 1.78. The molecule has 0 saturated carbocycles. The van der Waals surface area contributed by atoms with Crippen LogP contribution in [0, 0.1) is 6.92 Å². The highest BCUT2D eigenvalue weighted by Crippen LogP contribution is 2.33. The van der Waals surface area contributed by atoms with Gasteiger partial charge < -0.3 is 11.6 Å². The van der Waals surface area contributed by atoms with Gasteiger partial charge >= 0.3 is 0 Å². The molecule has 0 aliphatic rings. The quantitative estimate of drug-likeness (QED) is 0.795. The van der Waals surface area contributed by atoms with Crippen LogP contribution in [0.25, 0.3) is 11.3 Å². The summed E-state index contributed by atoms with van der Waals surface area (Å²) in [7, 11) is 0. The van der Waals surface area contributed by atoms with E-state index >= 15 is 0 Å². The maximum atomic E-state index is 6.10. The van der Waals surface area contributed by atoms with Crippen molar-refractivity contribution in [3.63, 3.8) is 0 Å². The second-order valence-electron chi connectivity index (χ2n) is 3.39. The number of rotatable bonds is 1. The molecular weight excluding hydrogens is 291 g/mol. The lowest BCUT2D eigenvalue weighted by Crippen LogP contribution is -2.13. The molecule has 1 aromatic carbocycles. The lowest BCUT2D eigenvalue weighted by Gasteiger charge is -2.03. The number of aromatic nitrogens is 2. The first kappa shape index (κ1) is 11.3. The van der Waals surface area contributed by atoms with Gasteiger partial charge in [-0.05, 0) is 25.1 Å². The van der Waals surface area contributed by atoms with Gasteiger partial charge in [-0.3, -0.25) is 0 Å². The maximum Gasteiger partial charge on any atom is 0.150 e. The first-order valence-corrected chi connectivity index (χ1v) is 5.73. The van der Waals surface area contributed by atoms with Gasteiger partial charge in [-0.25, -0.2) is 9.66 Å². The summed E-state index contributed by atoms with van der Waals surface area (Å²) in [5, 5.41) is 0.591. The third-order valence-electron chi connectivity index (χ3n) is 2.31. The smallest absolute Gasteiger partial charge is 0.150 e. The van der Waals surface area contributed by atoms with Crippen LogP contribution in [0.15, 0.2) is 22.7 Å².